The van der Waals surface area contributed by atoms with Gasteiger partial charge < -0.3 is 20.6 Å². The molecule has 0 aliphatic carbocycles. The van der Waals surface area contributed by atoms with Gasteiger partial charge in [0.25, 0.3) is 0 Å². The highest BCUT2D eigenvalue weighted by Crippen LogP contribution is 2.16. The lowest BCUT2D eigenvalue weighted by atomic mass is 10.1. The van der Waals surface area contributed by atoms with E-state index >= 15 is 0 Å². The van der Waals surface area contributed by atoms with Crippen LogP contribution in [0.15, 0.2) is 24.3 Å². The highest BCUT2D eigenvalue weighted by molar-refractivity contribution is 5.81. The number of carbonyl (C=O) groups excluding carboxylic acids is 1. The highest BCUT2D eigenvalue weighted by atomic mass is 16.3. The van der Waals surface area contributed by atoms with Crippen molar-refractivity contribution in [3.8, 4) is 5.75 Å². The first kappa shape index (κ1) is 15.8. The molecule has 1 aromatic carbocycles. The van der Waals surface area contributed by atoms with Crippen LogP contribution in [0.3, 0.4) is 0 Å². The Kier molecular flexibility index (Phi) is 5.20. The minimum absolute atomic E-state index is 0.0247. The normalized spacial score (nSPS) is 20.4. The summed E-state index contributed by atoms with van der Waals surface area (Å²) in [5.41, 5.74) is 6.99. The van der Waals surface area contributed by atoms with Gasteiger partial charge in [0.15, 0.2) is 0 Å². The summed E-state index contributed by atoms with van der Waals surface area (Å²) in [5.74, 6) is 0.198. The second-order valence-electron chi connectivity index (χ2n) is 5.97. The third-order valence-corrected chi connectivity index (χ3v) is 4.24. The standard InChI is InChI=1S/C16H25N3O2/c1-18-9-3-4-13(18)11-19(2)16(21)15(17)10-12-5-7-14(20)8-6-12/h5-8,13,15,20H,3-4,9-11,17H2,1-2H3/t13?,15-/m0/s1. The maximum atomic E-state index is 12.3. The predicted molar refractivity (Wildman–Crippen MR) is 83.1 cm³/mol. The summed E-state index contributed by atoms with van der Waals surface area (Å²) in [7, 11) is 3.93. The lowest BCUT2D eigenvalue weighted by Gasteiger charge is -2.27. The number of hydrogen-bond acceptors (Lipinski definition) is 4. The van der Waals surface area contributed by atoms with E-state index in [0.29, 0.717) is 12.5 Å². The lowest BCUT2D eigenvalue weighted by molar-refractivity contribution is -0.131. The van der Waals surface area contributed by atoms with Crippen LogP contribution in [-0.2, 0) is 11.2 Å². The van der Waals surface area contributed by atoms with Crippen molar-refractivity contribution in [2.75, 3.05) is 27.2 Å². The zero-order valence-electron chi connectivity index (χ0n) is 12.8. The van der Waals surface area contributed by atoms with Crippen LogP contribution in [0, 0.1) is 0 Å². The van der Waals surface area contributed by atoms with E-state index in [4.69, 9.17) is 5.73 Å². The van der Waals surface area contributed by atoms with Crippen LogP contribution in [0.2, 0.25) is 0 Å². The van der Waals surface area contributed by atoms with Crippen molar-refractivity contribution in [3.05, 3.63) is 29.8 Å². The van der Waals surface area contributed by atoms with E-state index < -0.39 is 6.04 Å². The van der Waals surface area contributed by atoms with E-state index in [9.17, 15) is 9.90 Å². The van der Waals surface area contributed by atoms with Crippen molar-refractivity contribution < 1.29 is 9.90 Å². The predicted octanol–water partition coefficient (Wildman–Crippen LogP) is 0.815. The van der Waals surface area contributed by atoms with E-state index in [0.717, 1.165) is 25.1 Å². The smallest absolute Gasteiger partial charge is 0.239 e. The summed E-state index contributed by atoms with van der Waals surface area (Å²) in [6.45, 7) is 1.84. The van der Waals surface area contributed by atoms with E-state index in [-0.39, 0.29) is 11.7 Å². The minimum atomic E-state index is -0.536. The first-order chi connectivity index (χ1) is 9.97. The van der Waals surface area contributed by atoms with Crippen LogP contribution < -0.4 is 5.73 Å². The molecule has 0 radical (unpaired) electrons. The highest BCUT2D eigenvalue weighted by Gasteiger charge is 2.26. The molecule has 0 aromatic heterocycles. The average Bonchev–Trinajstić information content (AvgIpc) is 2.86. The number of likely N-dealkylation sites (N-methyl/N-ethyl adjacent to an activating group) is 2. The number of amides is 1. The summed E-state index contributed by atoms with van der Waals surface area (Å²) in [6.07, 6.45) is 2.83. The lowest BCUT2D eigenvalue weighted by Crippen LogP contribution is -2.47. The van der Waals surface area contributed by atoms with Crippen LogP contribution in [0.5, 0.6) is 5.75 Å². The number of nitrogens with two attached hydrogens (primary N) is 1. The summed E-state index contributed by atoms with van der Waals surface area (Å²) >= 11 is 0. The fourth-order valence-corrected chi connectivity index (χ4v) is 2.87. The number of aromatic hydroxyl groups is 1. The fourth-order valence-electron chi connectivity index (χ4n) is 2.87. The van der Waals surface area contributed by atoms with Crippen LogP contribution in [-0.4, -0.2) is 60.1 Å². The Bertz CT molecular complexity index is 475. The summed E-state index contributed by atoms with van der Waals surface area (Å²) in [6, 6.07) is 6.74. The van der Waals surface area contributed by atoms with Gasteiger partial charge in [-0.2, -0.15) is 0 Å². The molecule has 0 spiro atoms. The molecule has 1 saturated heterocycles. The molecule has 1 aliphatic rings. The van der Waals surface area contributed by atoms with Crippen LogP contribution >= 0.6 is 0 Å². The van der Waals surface area contributed by atoms with Gasteiger partial charge in [0.05, 0.1) is 6.04 Å². The monoisotopic (exact) mass is 291 g/mol. The molecule has 0 bridgehead atoms. The minimum Gasteiger partial charge on any atom is -0.508 e. The number of hydrogen-bond donors (Lipinski definition) is 2. The number of likely N-dealkylation sites (tertiary alicyclic amines) is 1. The quantitative estimate of drug-likeness (QED) is 0.842. The largest absolute Gasteiger partial charge is 0.508 e. The average molecular weight is 291 g/mol. The molecule has 1 aliphatic heterocycles. The van der Waals surface area contributed by atoms with Gasteiger partial charge in [-0.1, -0.05) is 12.1 Å². The fraction of sp³-hybridized carbons (Fsp3) is 0.562. The second-order valence-corrected chi connectivity index (χ2v) is 5.97. The second kappa shape index (κ2) is 6.91. The van der Waals surface area contributed by atoms with Gasteiger partial charge in [-0.15, -0.1) is 0 Å². The third kappa shape index (κ3) is 4.19. The van der Waals surface area contributed by atoms with Crippen molar-refractivity contribution in [2.45, 2.75) is 31.3 Å². The molecule has 1 unspecified atom stereocenters. The van der Waals surface area contributed by atoms with Crippen molar-refractivity contribution >= 4 is 5.91 Å². The van der Waals surface area contributed by atoms with Gasteiger partial charge in [-0.25, -0.2) is 0 Å². The molecule has 2 atom stereocenters. The zero-order valence-corrected chi connectivity index (χ0v) is 12.8. The molecular weight excluding hydrogens is 266 g/mol. The molecule has 2 rings (SSSR count). The molecular formula is C16H25N3O2. The molecule has 1 fully saturated rings. The molecule has 1 amide bonds. The van der Waals surface area contributed by atoms with E-state index in [1.807, 2.05) is 7.05 Å². The summed E-state index contributed by atoms with van der Waals surface area (Å²) in [5, 5.41) is 9.26. The maximum absolute atomic E-state index is 12.3. The molecule has 5 nitrogen and oxygen atoms in total. The number of benzene rings is 1. The molecule has 1 aromatic rings. The number of phenolic OH excluding ortho intramolecular Hbond substituents is 1. The Balaban J connectivity index is 1.87. The Labute approximate surface area is 126 Å². The molecule has 5 heteroatoms. The van der Waals surface area contributed by atoms with Crippen LogP contribution in [0.4, 0.5) is 0 Å². The van der Waals surface area contributed by atoms with Gasteiger partial charge in [0.2, 0.25) is 5.91 Å². The SMILES string of the molecule is CN(CC1CCCN1C)C(=O)[C@@H](N)Cc1ccc(O)cc1. The number of rotatable bonds is 5. The van der Waals surface area contributed by atoms with Gasteiger partial charge in [-0.3, -0.25) is 4.79 Å². The van der Waals surface area contributed by atoms with Crippen molar-refractivity contribution in [1.29, 1.82) is 0 Å². The molecule has 3 N–H and O–H groups in total. The Morgan fingerprint density at radius 3 is 2.71 bits per heavy atom. The van der Waals surface area contributed by atoms with Gasteiger partial charge in [0, 0.05) is 19.6 Å². The van der Waals surface area contributed by atoms with Crippen molar-refractivity contribution in [1.82, 2.24) is 9.80 Å². The topological polar surface area (TPSA) is 69.8 Å². The van der Waals surface area contributed by atoms with Gasteiger partial charge >= 0.3 is 0 Å². The molecule has 1 heterocycles. The van der Waals surface area contributed by atoms with Crippen molar-refractivity contribution in [3.63, 3.8) is 0 Å². The number of phenols is 1. The van der Waals surface area contributed by atoms with E-state index in [1.54, 1.807) is 29.2 Å². The number of nitrogens with zero attached hydrogens (tertiary/aromatic N) is 2. The van der Waals surface area contributed by atoms with Crippen molar-refractivity contribution in [2.24, 2.45) is 5.73 Å². The Morgan fingerprint density at radius 2 is 2.14 bits per heavy atom. The first-order valence-electron chi connectivity index (χ1n) is 7.46. The molecule has 21 heavy (non-hydrogen) atoms. The van der Waals surface area contributed by atoms with Crippen LogP contribution in [0.25, 0.3) is 0 Å². The van der Waals surface area contributed by atoms with E-state index in [1.165, 1.54) is 6.42 Å². The Hall–Kier alpha value is -1.59. The Morgan fingerprint density at radius 1 is 1.48 bits per heavy atom. The third-order valence-electron chi connectivity index (χ3n) is 4.24. The maximum Gasteiger partial charge on any atom is 0.239 e. The first-order valence-corrected chi connectivity index (χ1v) is 7.46. The van der Waals surface area contributed by atoms with Gasteiger partial charge in [-0.05, 0) is 50.6 Å². The van der Waals surface area contributed by atoms with Gasteiger partial charge in [0.1, 0.15) is 5.75 Å². The molecule has 0 saturated carbocycles. The summed E-state index contributed by atoms with van der Waals surface area (Å²) < 4.78 is 0. The molecule has 116 valence electrons. The van der Waals surface area contributed by atoms with E-state index in [2.05, 4.69) is 11.9 Å². The summed E-state index contributed by atoms with van der Waals surface area (Å²) in [4.78, 5) is 16.4. The zero-order chi connectivity index (χ0) is 15.4. The number of carbonyl (C=O) groups is 1. The van der Waals surface area contributed by atoms with Crippen LogP contribution in [0.1, 0.15) is 18.4 Å².